The van der Waals surface area contributed by atoms with Crippen molar-refractivity contribution in [3.63, 3.8) is 0 Å². The van der Waals surface area contributed by atoms with Gasteiger partial charge in [0.05, 0.1) is 11.4 Å². The molecule has 0 bridgehead atoms. The molecule has 0 fully saturated rings. The maximum absolute atomic E-state index is 11.9. The number of hydrogen-bond acceptors (Lipinski definition) is 3. The molecular formula is C17H21N3O2. The molecule has 0 saturated carbocycles. The monoisotopic (exact) mass is 299 g/mol. The zero-order valence-electron chi connectivity index (χ0n) is 13.1. The SMILES string of the molecule is Cc1ccc(N)c(NC(=O)NCOc2cccc(C)c2C)c1. The summed E-state index contributed by atoms with van der Waals surface area (Å²) in [4.78, 5) is 11.9. The Kier molecular flexibility index (Phi) is 4.88. The predicted molar refractivity (Wildman–Crippen MR) is 89.2 cm³/mol. The fraction of sp³-hybridized carbons (Fsp3) is 0.235. The minimum Gasteiger partial charge on any atom is -0.473 e. The van der Waals surface area contributed by atoms with Crippen LogP contribution < -0.4 is 21.1 Å². The Morgan fingerprint density at radius 3 is 2.73 bits per heavy atom. The lowest BCUT2D eigenvalue weighted by atomic mass is 10.1. The van der Waals surface area contributed by atoms with Gasteiger partial charge in [0.1, 0.15) is 5.75 Å². The first-order chi connectivity index (χ1) is 10.5. The number of nitrogens with two attached hydrogens (primary N) is 1. The van der Waals surface area contributed by atoms with E-state index in [9.17, 15) is 4.79 Å². The van der Waals surface area contributed by atoms with Crippen LogP contribution in [0, 0.1) is 20.8 Å². The van der Waals surface area contributed by atoms with E-state index in [0.717, 1.165) is 22.4 Å². The first-order valence-electron chi connectivity index (χ1n) is 7.07. The highest BCUT2D eigenvalue weighted by Gasteiger charge is 2.06. The van der Waals surface area contributed by atoms with Gasteiger partial charge in [-0.25, -0.2) is 4.79 Å². The van der Waals surface area contributed by atoms with Crippen molar-refractivity contribution in [2.24, 2.45) is 0 Å². The Bertz CT molecular complexity index is 684. The van der Waals surface area contributed by atoms with Gasteiger partial charge in [0.25, 0.3) is 0 Å². The van der Waals surface area contributed by atoms with Gasteiger partial charge in [0, 0.05) is 0 Å². The number of benzene rings is 2. The van der Waals surface area contributed by atoms with Crippen LogP contribution in [0.25, 0.3) is 0 Å². The van der Waals surface area contributed by atoms with Crippen LogP contribution in [0.3, 0.4) is 0 Å². The summed E-state index contributed by atoms with van der Waals surface area (Å²) in [6, 6.07) is 10.9. The summed E-state index contributed by atoms with van der Waals surface area (Å²) in [5.41, 5.74) is 10.2. The average Bonchev–Trinajstić information content (AvgIpc) is 2.47. The summed E-state index contributed by atoms with van der Waals surface area (Å²) >= 11 is 0. The van der Waals surface area contributed by atoms with Crippen molar-refractivity contribution in [3.8, 4) is 5.75 Å². The van der Waals surface area contributed by atoms with Gasteiger partial charge in [-0.2, -0.15) is 0 Å². The van der Waals surface area contributed by atoms with Crippen molar-refractivity contribution in [3.05, 3.63) is 53.1 Å². The van der Waals surface area contributed by atoms with Gasteiger partial charge < -0.3 is 21.1 Å². The molecule has 2 amide bonds. The molecule has 22 heavy (non-hydrogen) atoms. The molecule has 0 atom stereocenters. The maximum Gasteiger partial charge on any atom is 0.321 e. The average molecular weight is 299 g/mol. The molecular weight excluding hydrogens is 278 g/mol. The molecule has 0 aliphatic rings. The van der Waals surface area contributed by atoms with Crippen LogP contribution in [-0.2, 0) is 0 Å². The molecule has 5 heteroatoms. The Labute approximate surface area is 130 Å². The fourth-order valence-corrected chi connectivity index (χ4v) is 2.00. The van der Waals surface area contributed by atoms with Crippen LogP contribution in [0.4, 0.5) is 16.2 Å². The summed E-state index contributed by atoms with van der Waals surface area (Å²) in [7, 11) is 0. The minimum atomic E-state index is -0.359. The van der Waals surface area contributed by atoms with Gasteiger partial charge in [-0.3, -0.25) is 0 Å². The van der Waals surface area contributed by atoms with Gasteiger partial charge >= 0.3 is 6.03 Å². The molecule has 4 N–H and O–H groups in total. The van der Waals surface area contributed by atoms with Crippen LogP contribution in [0.2, 0.25) is 0 Å². The molecule has 0 saturated heterocycles. The molecule has 116 valence electrons. The van der Waals surface area contributed by atoms with E-state index in [1.54, 1.807) is 6.07 Å². The van der Waals surface area contributed by atoms with Crippen LogP contribution in [0.15, 0.2) is 36.4 Å². The molecule has 2 rings (SSSR count). The van der Waals surface area contributed by atoms with Gasteiger partial charge in [-0.15, -0.1) is 0 Å². The van der Waals surface area contributed by atoms with Crippen LogP contribution >= 0.6 is 0 Å². The van der Waals surface area contributed by atoms with E-state index in [4.69, 9.17) is 10.5 Å². The number of carbonyl (C=O) groups is 1. The quantitative estimate of drug-likeness (QED) is 0.598. The lowest BCUT2D eigenvalue weighted by Crippen LogP contribution is -2.32. The first kappa shape index (κ1) is 15.7. The Morgan fingerprint density at radius 2 is 1.95 bits per heavy atom. The fourth-order valence-electron chi connectivity index (χ4n) is 2.00. The summed E-state index contributed by atoms with van der Waals surface area (Å²) in [5.74, 6) is 0.760. The lowest BCUT2D eigenvalue weighted by molar-refractivity contribution is 0.234. The molecule has 0 heterocycles. The van der Waals surface area contributed by atoms with Crippen molar-refractivity contribution in [1.29, 1.82) is 0 Å². The number of aryl methyl sites for hydroxylation is 2. The van der Waals surface area contributed by atoms with E-state index in [0.29, 0.717) is 11.4 Å². The number of urea groups is 1. The van der Waals surface area contributed by atoms with Crippen LogP contribution in [-0.4, -0.2) is 12.8 Å². The third-order valence-corrected chi connectivity index (χ3v) is 3.47. The molecule has 0 aliphatic carbocycles. The molecule has 2 aromatic rings. The van der Waals surface area contributed by atoms with E-state index in [2.05, 4.69) is 10.6 Å². The summed E-state index contributed by atoms with van der Waals surface area (Å²) in [5, 5.41) is 5.35. The van der Waals surface area contributed by atoms with E-state index in [-0.39, 0.29) is 12.8 Å². The molecule has 0 aliphatic heterocycles. The van der Waals surface area contributed by atoms with Crippen LogP contribution in [0.1, 0.15) is 16.7 Å². The molecule has 0 unspecified atom stereocenters. The van der Waals surface area contributed by atoms with Crippen molar-refractivity contribution < 1.29 is 9.53 Å². The van der Waals surface area contributed by atoms with Crippen LogP contribution in [0.5, 0.6) is 5.75 Å². The largest absolute Gasteiger partial charge is 0.473 e. The maximum atomic E-state index is 11.9. The minimum absolute atomic E-state index is 0.0852. The molecule has 2 aromatic carbocycles. The van der Waals surface area contributed by atoms with Gasteiger partial charge in [-0.1, -0.05) is 18.2 Å². The highest BCUT2D eigenvalue weighted by atomic mass is 16.5. The van der Waals surface area contributed by atoms with E-state index >= 15 is 0 Å². The number of nitrogen functional groups attached to an aromatic ring is 1. The predicted octanol–water partition coefficient (Wildman–Crippen LogP) is 3.35. The van der Waals surface area contributed by atoms with Crippen molar-refractivity contribution in [2.75, 3.05) is 17.8 Å². The second kappa shape index (κ2) is 6.85. The third-order valence-electron chi connectivity index (χ3n) is 3.47. The molecule has 0 aromatic heterocycles. The first-order valence-corrected chi connectivity index (χ1v) is 7.07. The highest BCUT2D eigenvalue weighted by Crippen LogP contribution is 2.20. The van der Waals surface area contributed by atoms with Gasteiger partial charge in [-0.05, 0) is 55.7 Å². The lowest BCUT2D eigenvalue weighted by Gasteiger charge is -2.13. The summed E-state index contributed by atoms with van der Waals surface area (Å²) in [6.45, 7) is 6.02. The van der Waals surface area contributed by atoms with Gasteiger partial charge in [0.15, 0.2) is 6.73 Å². The highest BCUT2D eigenvalue weighted by molar-refractivity contribution is 5.92. The number of hydrogen-bond donors (Lipinski definition) is 3. The van der Waals surface area contributed by atoms with Crippen molar-refractivity contribution in [1.82, 2.24) is 5.32 Å². The summed E-state index contributed by atoms with van der Waals surface area (Å²) < 4.78 is 5.58. The van der Waals surface area contributed by atoms with Crippen molar-refractivity contribution in [2.45, 2.75) is 20.8 Å². The second-order valence-corrected chi connectivity index (χ2v) is 5.21. The standard InChI is InChI=1S/C17H21N3O2/c1-11-7-8-14(18)15(9-11)20-17(21)19-10-22-16-6-4-5-12(2)13(16)3/h4-9H,10,18H2,1-3H3,(H2,19,20,21). The summed E-state index contributed by atoms with van der Waals surface area (Å²) in [6.07, 6.45) is 0. The number of carbonyl (C=O) groups excluding carboxylic acids is 1. The number of anilines is 2. The topological polar surface area (TPSA) is 76.4 Å². The smallest absolute Gasteiger partial charge is 0.321 e. The number of amides is 2. The molecule has 5 nitrogen and oxygen atoms in total. The normalized spacial score (nSPS) is 10.1. The van der Waals surface area contributed by atoms with E-state index < -0.39 is 0 Å². The van der Waals surface area contributed by atoms with E-state index in [1.807, 2.05) is 51.1 Å². The van der Waals surface area contributed by atoms with E-state index in [1.165, 1.54) is 0 Å². The Balaban J connectivity index is 1.88. The van der Waals surface area contributed by atoms with Gasteiger partial charge in [0.2, 0.25) is 0 Å². The molecule has 0 spiro atoms. The Morgan fingerprint density at radius 1 is 1.18 bits per heavy atom. The number of rotatable bonds is 4. The third kappa shape index (κ3) is 3.91. The van der Waals surface area contributed by atoms with Crippen molar-refractivity contribution >= 4 is 17.4 Å². The molecule has 0 radical (unpaired) electrons. The number of ether oxygens (including phenoxy) is 1. The number of nitrogens with one attached hydrogen (secondary N) is 2. The second-order valence-electron chi connectivity index (χ2n) is 5.21. The Hall–Kier alpha value is -2.69. The zero-order valence-corrected chi connectivity index (χ0v) is 13.1. The zero-order chi connectivity index (χ0) is 16.1.